The summed E-state index contributed by atoms with van der Waals surface area (Å²) in [7, 11) is 8.02. The monoisotopic (exact) mass is 348 g/mol. The zero-order valence-corrected chi connectivity index (χ0v) is 16.2. The summed E-state index contributed by atoms with van der Waals surface area (Å²) in [5.41, 5.74) is 1.61. The van der Waals surface area contributed by atoms with Crippen LogP contribution in [0.3, 0.4) is 0 Å². The molecule has 0 aliphatic carbocycles. The number of rotatable bonds is 10. The van der Waals surface area contributed by atoms with E-state index in [1.807, 2.05) is 64.3 Å². The van der Waals surface area contributed by atoms with Crippen LogP contribution in [0.15, 0.2) is 24.3 Å². The molecule has 0 unspecified atom stereocenters. The summed E-state index contributed by atoms with van der Waals surface area (Å²) < 4.78 is 0. The van der Waals surface area contributed by atoms with Crippen LogP contribution in [0, 0.1) is 0 Å². The van der Waals surface area contributed by atoms with Gasteiger partial charge in [0.25, 0.3) is 5.91 Å². The summed E-state index contributed by atoms with van der Waals surface area (Å²) in [5.74, 6) is 0.0442. The number of hydrogen-bond donors (Lipinski definition) is 1. The molecule has 140 valence electrons. The molecule has 1 rings (SSSR count). The van der Waals surface area contributed by atoms with Crippen molar-refractivity contribution in [3.05, 3.63) is 35.4 Å². The molecule has 0 saturated carbocycles. The molecule has 1 aromatic rings. The van der Waals surface area contributed by atoms with Gasteiger partial charge in [0.05, 0.1) is 0 Å². The highest BCUT2D eigenvalue weighted by Gasteiger charge is 2.16. The van der Waals surface area contributed by atoms with Gasteiger partial charge in [-0.05, 0) is 45.9 Å². The van der Waals surface area contributed by atoms with Gasteiger partial charge in [-0.25, -0.2) is 0 Å². The maximum atomic E-state index is 12.9. The molecule has 6 nitrogen and oxygen atoms in total. The van der Waals surface area contributed by atoms with E-state index in [0.29, 0.717) is 31.6 Å². The molecule has 0 heterocycles. The highest BCUT2D eigenvalue weighted by Crippen LogP contribution is 2.09. The Labute approximate surface area is 151 Å². The normalized spacial score (nSPS) is 11.0. The third-order valence-electron chi connectivity index (χ3n) is 3.91. The van der Waals surface area contributed by atoms with Gasteiger partial charge in [-0.3, -0.25) is 9.59 Å². The van der Waals surface area contributed by atoms with Gasteiger partial charge in [0.1, 0.15) is 0 Å². The van der Waals surface area contributed by atoms with Crippen LogP contribution in [0.1, 0.15) is 29.3 Å². The highest BCUT2D eigenvalue weighted by atomic mass is 16.2. The van der Waals surface area contributed by atoms with Crippen molar-refractivity contribution in [1.29, 1.82) is 0 Å². The van der Waals surface area contributed by atoms with Gasteiger partial charge in [-0.1, -0.05) is 19.1 Å². The Morgan fingerprint density at radius 1 is 0.960 bits per heavy atom. The van der Waals surface area contributed by atoms with Crippen molar-refractivity contribution in [2.45, 2.75) is 19.9 Å². The van der Waals surface area contributed by atoms with Crippen molar-refractivity contribution in [3.8, 4) is 0 Å². The van der Waals surface area contributed by atoms with Gasteiger partial charge in [0, 0.05) is 44.7 Å². The molecule has 1 aromatic carbocycles. The third-order valence-corrected chi connectivity index (χ3v) is 3.91. The summed E-state index contributed by atoms with van der Waals surface area (Å²) in [4.78, 5) is 30.4. The summed E-state index contributed by atoms with van der Waals surface area (Å²) >= 11 is 0. The third kappa shape index (κ3) is 8.14. The number of carbonyl (C=O) groups excluding carboxylic acids is 2. The molecule has 0 aliphatic heterocycles. The molecule has 1 N–H and O–H groups in total. The summed E-state index contributed by atoms with van der Waals surface area (Å²) in [6.07, 6.45) is 0.460. The minimum Gasteiger partial charge on any atom is -0.352 e. The van der Waals surface area contributed by atoms with Crippen molar-refractivity contribution in [1.82, 2.24) is 20.0 Å². The molecule has 0 aromatic heterocycles. The van der Waals surface area contributed by atoms with E-state index in [-0.39, 0.29) is 11.8 Å². The fourth-order valence-corrected chi connectivity index (χ4v) is 2.28. The zero-order valence-electron chi connectivity index (χ0n) is 16.2. The van der Waals surface area contributed by atoms with Crippen molar-refractivity contribution in [2.75, 3.05) is 54.4 Å². The number of hydrogen-bond acceptors (Lipinski definition) is 4. The fraction of sp³-hybridized carbons (Fsp3) is 0.579. The number of carbonyl (C=O) groups is 2. The standard InChI is InChI=1S/C19H32N4O2/c1-6-18(24)20-15-16-8-7-9-17(14-16)19(25)23(12-10-21(2)3)13-11-22(4)5/h7-9,14H,6,10-13,15H2,1-5H3,(H,20,24). The van der Waals surface area contributed by atoms with Crippen LogP contribution in [0.2, 0.25) is 0 Å². The molecule has 0 radical (unpaired) electrons. The molecular weight excluding hydrogens is 316 g/mol. The number of nitrogens with zero attached hydrogens (tertiary/aromatic N) is 3. The molecule has 0 bridgehead atoms. The Morgan fingerprint density at radius 2 is 1.56 bits per heavy atom. The first-order valence-corrected chi connectivity index (χ1v) is 8.77. The molecule has 2 amide bonds. The van der Waals surface area contributed by atoms with Gasteiger partial charge in [0.15, 0.2) is 0 Å². The van der Waals surface area contributed by atoms with E-state index in [4.69, 9.17) is 0 Å². The summed E-state index contributed by atoms with van der Waals surface area (Å²) in [6, 6.07) is 7.51. The summed E-state index contributed by atoms with van der Waals surface area (Å²) in [6.45, 7) is 5.30. The first-order chi connectivity index (χ1) is 11.8. The lowest BCUT2D eigenvalue weighted by molar-refractivity contribution is -0.120. The van der Waals surface area contributed by atoms with E-state index in [9.17, 15) is 9.59 Å². The number of nitrogens with one attached hydrogen (secondary N) is 1. The SMILES string of the molecule is CCC(=O)NCc1cccc(C(=O)N(CCN(C)C)CCN(C)C)c1. The second-order valence-electron chi connectivity index (χ2n) is 6.73. The minimum absolute atomic E-state index is 0.00956. The first-order valence-electron chi connectivity index (χ1n) is 8.77. The van der Waals surface area contributed by atoms with E-state index >= 15 is 0 Å². The quantitative estimate of drug-likeness (QED) is 0.692. The van der Waals surface area contributed by atoms with Crippen LogP contribution in [0.4, 0.5) is 0 Å². The van der Waals surface area contributed by atoms with Gasteiger partial charge in [0.2, 0.25) is 5.91 Å². The molecule has 25 heavy (non-hydrogen) atoms. The lowest BCUT2D eigenvalue weighted by Crippen LogP contribution is -2.40. The number of amides is 2. The van der Waals surface area contributed by atoms with Crippen molar-refractivity contribution in [3.63, 3.8) is 0 Å². The first kappa shape index (κ1) is 21.1. The Hall–Kier alpha value is -1.92. The van der Waals surface area contributed by atoms with Gasteiger partial charge >= 0.3 is 0 Å². The Balaban J connectivity index is 2.81. The fourth-order valence-electron chi connectivity index (χ4n) is 2.28. The second-order valence-corrected chi connectivity index (χ2v) is 6.73. The molecule has 0 spiro atoms. The zero-order chi connectivity index (χ0) is 18.8. The predicted molar refractivity (Wildman–Crippen MR) is 102 cm³/mol. The lowest BCUT2D eigenvalue weighted by Gasteiger charge is -2.26. The van der Waals surface area contributed by atoms with Gasteiger partial charge in [-0.2, -0.15) is 0 Å². The molecular formula is C19H32N4O2. The Morgan fingerprint density at radius 3 is 2.08 bits per heavy atom. The van der Waals surface area contributed by atoms with Crippen LogP contribution < -0.4 is 5.32 Å². The molecule has 0 saturated heterocycles. The maximum absolute atomic E-state index is 12.9. The van der Waals surface area contributed by atoms with E-state index in [1.54, 1.807) is 0 Å². The Bertz CT molecular complexity index is 546. The van der Waals surface area contributed by atoms with Crippen LogP contribution in [-0.4, -0.2) is 80.9 Å². The predicted octanol–water partition coefficient (Wildman–Crippen LogP) is 1.28. The van der Waals surface area contributed by atoms with E-state index < -0.39 is 0 Å². The van der Waals surface area contributed by atoms with Crippen LogP contribution in [-0.2, 0) is 11.3 Å². The average molecular weight is 348 g/mol. The highest BCUT2D eigenvalue weighted by molar-refractivity contribution is 5.94. The van der Waals surface area contributed by atoms with E-state index in [1.165, 1.54) is 0 Å². The average Bonchev–Trinajstić information content (AvgIpc) is 2.59. The van der Waals surface area contributed by atoms with E-state index in [0.717, 1.165) is 18.7 Å². The molecule has 6 heteroatoms. The maximum Gasteiger partial charge on any atom is 0.253 e. The van der Waals surface area contributed by atoms with Crippen molar-refractivity contribution < 1.29 is 9.59 Å². The smallest absolute Gasteiger partial charge is 0.253 e. The topological polar surface area (TPSA) is 55.9 Å². The van der Waals surface area contributed by atoms with Crippen LogP contribution in [0.25, 0.3) is 0 Å². The van der Waals surface area contributed by atoms with Crippen molar-refractivity contribution in [2.24, 2.45) is 0 Å². The van der Waals surface area contributed by atoms with Crippen molar-refractivity contribution >= 4 is 11.8 Å². The summed E-state index contributed by atoms with van der Waals surface area (Å²) in [5, 5.41) is 2.85. The largest absolute Gasteiger partial charge is 0.352 e. The van der Waals surface area contributed by atoms with Gasteiger partial charge < -0.3 is 20.0 Å². The van der Waals surface area contributed by atoms with E-state index in [2.05, 4.69) is 15.1 Å². The number of benzene rings is 1. The van der Waals surface area contributed by atoms with Crippen LogP contribution in [0.5, 0.6) is 0 Å². The number of likely N-dealkylation sites (N-methyl/N-ethyl adjacent to an activating group) is 2. The minimum atomic E-state index is 0.00956. The lowest BCUT2D eigenvalue weighted by atomic mass is 10.1. The molecule has 0 fully saturated rings. The second kappa shape index (κ2) is 10.8. The van der Waals surface area contributed by atoms with Crippen LogP contribution >= 0.6 is 0 Å². The Kier molecular flexibility index (Phi) is 9.16. The molecule has 0 aliphatic rings. The van der Waals surface area contributed by atoms with Gasteiger partial charge in [-0.15, -0.1) is 0 Å². The molecule has 0 atom stereocenters.